The van der Waals surface area contributed by atoms with Crippen LogP contribution in [0.4, 0.5) is 26.2 Å². The van der Waals surface area contributed by atoms with Crippen molar-refractivity contribution in [1.82, 2.24) is 14.7 Å². The molecule has 1 aliphatic heterocycles. The first-order valence-corrected chi connectivity index (χ1v) is 12.4. The van der Waals surface area contributed by atoms with E-state index in [0.717, 1.165) is 5.56 Å². The molecule has 11 heteroatoms. The quantitative estimate of drug-likeness (QED) is 0.302. The first-order valence-electron chi connectivity index (χ1n) is 12.4. The Bertz CT molecular complexity index is 1220. The Morgan fingerprint density at radius 2 is 1.82 bits per heavy atom. The lowest BCUT2D eigenvalue weighted by Crippen LogP contribution is -2.60. The van der Waals surface area contributed by atoms with Crippen LogP contribution in [-0.4, -0.2) is 78.9 Å². The molecular weight excluding hydrogens is 487 g/mol. The van der Waals surface area contributed by atoms with Crippen LogP contribution in [0.15, 0.2) is 47.5 Å². The van der Waals surface area contributed by atoms with Crippen molar-refractivity contribution in [3.8, 4) is 6.19 Å². The lowest BCUT2D eigenvalue weighted by Gasteiger charge is -2.44. The second-order valence-corrected chi connectivity index (χ2v) is 9.82. The van der Waals surface area contributed by atoms with E-state index in [0.29, 0.717) is 42.7 Å². The summed E-state index contributed by atoms with van der Waals surface area (Å²) in [5.41, 5.74) is 2.56. The summed E-state index contributed by atoms with van der Waals surface area (Å²) in [5, 5.41) is 18.4. The number of halogens is 1. The van der Waals surface area contributed by atoms with Crippen molar-refractivity contribution in [2.75, 3.05) is 56.2 Å². The van der Waals surface area contributed by atoms with Gasteiger partial charge in [-0.05, 0) is 62.8 Å². The Morgan fingerprint density at radius 3 is 2.45 bits per heavy atom. The molecule has 1 saturated heterocycles. The molecule has 0 aromatic heterocycles. The molecule has 3 amide bonds. The maximum absolute atomic E-state index is 13.5. The SMILES string of the molecule is Cc1c(NC(=O)CN(C)C)cccc1N/C(=N/C#N)N1CCN(C(=O)Nc2cccc(F)c2)CC1C(C)C. The summed E-state index contributed by atoms with van der Waals surface area (Å²) in [7, 11) is 3.65. The molecule has 1 heterocycles. The number of amides is 3. The highest BCUT2D eigenvalue weighted by Gasteiger charge is 2.34. The average molecular weight is 523 g/mol. The van der Waals surface area contributed by atoms with E-state index < -0.39 is 5.82 Å². The minimum atomic E-state index is -0.423. The van der Waals surface area contributed by atoms with Gasteiger partial charge in [-0.3, -0.25) is 4.79 Å². The highest BCUT2D eigenvalue weighted by molar-refractivity contribution is 5.98. The number of benzene rings is 2. The molecule has 2 aromatic carbocycles. The molecule has 0 radical (unpaired) electrons. The van der Waals surface area contributed by atoms with Crippen LogP contribution in [-0.2, 0) is 4.79 Å². The van der Waals surface area contributed by atoms with Gasteiger partial charge in [0.1, 0.15) is 5.82 Å². The van der Waals surface area contributed by atoms with E-state index in [1.54, 1.807) is 21.9 Å². The summed E-state index contributed by atoms with van der Waals surface area (Å²) in [6.07, 6.45) is 1.88. The number of anilines is 3. The van der Waals surface area contributed by atoms with E-state index >= 15 is 0 Å². The molecule has 1 aliphatic rings. The number of piperazine rings is 1. The molecule has 2 aromatic rings. The number of hydrogen-bond acceptors (Lipinski definition) is 5. The molecule has 1 fully saturated rings. The molecule has 1 atom stereocenters. The van der Waals surface area contributed by atoms with Gasteiger partial charge >= 0.3 is 6.03 Å². The van der Waals surface area contributed by atoms with Crippen LogP contribution in [0.1, 0.15) is 19.4 Å². The molecule has 3 rings (SSSR count). The third-order valence-corrected chi connectivity index (χ3v) is 6.29. The first-order chi connectivity index (χ1) is 18.1. The number of carbonyl (C=O) groups excluding carboxylic acids is 2. The lowest BCUT2D eigenvalue weighted by molar-refractivity contribution is -0.116. The monoisotopic (exact) mass is 522 g/mol. The number of rotatable bonds is 6. The van der Waals surface area contributed by atoms with Gasteiger partial charge in [0.2, 0.25) is 18.1 Å². The highest BCUT2D eigenvalue weighted by Crippen LogP contribution is 2.26. The first kappa shape index (κ1) is 28.4. The number of guanidine groups is 1. The van der Waals surface area contributed by atoms with E-state index in [4.69, 9.17) is 0 Å². The van der Waals surface area contributed by atoms with Crippen molar-refractivity contribution < 1.29 is 14.0 Å². The van der Waals surface area contributed by atoms with Gasteiger partial charge < -0.3 is 30.7 Å². The Morgan fingerprint density at radius 1 is 1.13 bits per heavy atom. The van der Waals surface area contributed by atoms with Crippen LogP contribution < -0.4 is 16.0 Å². The van der Waals surface area contributed by atoms with E-state index in [1.807, 2.05) is 64.2 Å². The third-order valence-electron chi connectivity index (χ3n) is 6.29. The van der Waals surface area contributed by atoms with E-state index in [1.165, 1.54) is 12.1 Å². The average Bonchev–Trinajstić information content (AvgIpc) is 2.85. The summed E-state index contributed by atoms with van der Waals surface area (Å²) in [4.78, 5) is 34.7. The van der Waals surface area contributed by atoms with E-state index in [-0.39, 0.29) is 30.4 Å². The predicted molar refractivity (Wildman–Crippen MR) is 147 cm³/mol. The number of nitrogens with one attached hydrogen (secondary N) is 3. The van der Waals surface area contributed by atoms with Crippen LogP contribution in [0.25, 0.3) is 0 Å². The van der Waals surface area contributed by atoms with Gasteiger partial charge in [0, 0.05) is 36.7 Å². The van der Waals surface area contributed by atoms with Crippen LogP contribution in [0.2, 0.25) is 0 Å². The van der Waals surface area contributed by atoms with Gasteiger partial charge in [-0.1, -0.05) is 26.0 Å². The topological polar surface area (TPSA) is 116 Å². The Labute approximate surface area is 223 Å². The highest BCUT2D eigenvalue weighted by atomic mass is 19.1. The number of urea groups is 1. The zero-order valence-electron chi connectivity index (χ0n) is 22.5. The maximum Gasteiger partial charge on any atom is 0.321 e. The molecule has 0 bridgehead atoms. The van der Waals surface area contributed by atoms with Gasteiger partial charge in [-0.25, -0.2) is 9.18 Å². The number of hydrogen-bond donors (Lipinski definition) is 3. The van der Waals surface area contributed by atoms with E-state index in [9.17, 15) is 19.2 Å². The second kappa shape index (κ2) is 12.9. The molecule has 202 valence electrons. The van der Waals surface area contributed by atoms with Crippen molar-refractivity contribution >= 4 is 35.0 Å². The minimum absolute atomic E-state index is 0.128. The van der Waals surface area contributed by atoms with Crippen LogP contribution in [0.3, 0.4) is 0 Å². The van der Waals surface area contributed by atoms with Crippen molar-refractivity contribution in [2.24, 2.45) is 10.9 Å². The molecule has 3 N–H and O–H groups in total. The van der Waals surface area contributed by atoms with Crippen LogP contribution in [0.5, 0.6) is 0 Å². The zero-order valence-corrected chi connectivity index (χ0v) is 22.5. The summed E-state index contributed by atoms with van der Waals surface area (Å²) < 4.78 is 13.5. The molecular formula is C27H35FN8O2. The molecule has 0 saturated carbocycles. The third kappa shape index (κ3) is 7.43. The Kier molecular flexibility index (Phi) is 9.62. The molecule has 1 unspecified atom stereocenters. The lowest BCUT2D eigenvalue weighted by atomic mass is 10.00. The Hall–Kier alpha value is -4.17. The maximum atomic E-state index is 13.5. The smallest absolute Gasteiger partial charge is 0.321 e. The summed E-state index contributed by atoms with van der Waals surface area (Å²) in [6.45, 7) is 7.44. The zero-order chi connectivity index (χ0) is 27.8. The Balaban J connectivity index is 1.76. The van der Waals surface area contributed by atoms with Crippen LogP contribution >= 0.6 is 0 Å². The summed E-state index contributed by atoms with van der Waals surface area (Å²) in [5.74, 6) is -0.0547. The van der Waals surface area contributed by atoms with Gasteiger partial charge in [0.15, 0.2) is 0 Å². The molecule has 38 heavy (non-hydrogen) atoms. The number of nitrogens with zero attached hydrogens (tertiary/aromatic N) is 5. The van der Waals surface area contributed by atoms with Crippen molar-refractivity contribution in [1.29, 1.82) is 5.26 Å². The normalized spacial score (nSPS) is 15.9. The van der Waals surface area contributed by atoms with Gasteiger partial charge in [-0.2, -0.15) is 5.26 Å². The van der Waals surface area contributed by atoms with Gasteiger partial charge in [0.25, 0.3) is 0 Å². The number of nitriles is 1. The second-order valence-electron chi connectivity index (χ2n) is 9.82. The number of carbonyl (C=O) groups is 2. The van der Waals surface area contributed by atoms with Crippen LogP contribution in [0, 0.1) is 30.1 Å². The summed E-state index contributed by atoms with van der Waals surface area (Å²) >= 11 is 0. The standard InChI is InChI=1S/C27H35FN8O2/c1-18(2)24-15-35(27(38)31-21-9-6-8-20(28)14-21)12-13-36(24)26(30-17-29)33-23-11-7-10-22(19(23)3)32-25(37)16-34(4)5/h6-11,14,18,24H,12-13,15-16H2,1-5H3,(H,30,33)(H,31,38)(H,32,37). The minimum Gasteiger partial charge on any atom is -0.335 e. The fourth-order valence-electron chi connectivity index (χ4n) is 4.31. The van der Waals surface area contributed by atoms with Gasteiger partial charge in [0.05, 0.1) is 12.6 Å². The largest absolute Gasteiger partial charge is 0.335 e. The van der Waals surface area contributed by atoms with Crippen molar-refractivity contribution in [3.05, 3.63) is 53.8 Å². The fraction of sp³-hybridized carbons (Fsp3) is 0.407. The number of aliphatic imine (C=N–C) groups is 1. The molecule has 10 nitrogen and oxygen atoms in total. The van der Waals surface area contributed by atoms with Gasteiger partial charge in [-0.15, -0.1) is 4.99 Å². The molecule has 0 spiro atoms. The van der Waals surface area contributed by atoms with Crippen molar-refractivity contribution in [3.63, 3.8) is 0 Å². The fourth-order valence-corrected chi connectivity index (χ4v) is 4.31. The van der Waals surface area contributed by atoms with Crippen molar-refractivity contribution in [2.45, 2.75) is 26.8 Å². The molecule has 0 aliphatic carbocycles. The predicted octanol–water partition coefficient (Wildman–Crippen LogP) is 3.76. The summed E-state index contributed by atoms with van der Waals surface area (Å²) in [6, 6.07) is 10.8. The number of likely N-dealkylation sites (N-methyl/N-ethyl adjacent to an activating group) is 1. The van der Waals surface area contributed by atoms with E-state index in [2.05, 4.69) is 20.9 Å².